The van der Waals surface area contributed by atoms with Crippen molar-refractivity contribution >= 4 is 16.8 Å². The number of H-pyrrole nitrogens is 2. The van der Waals surface area contributed by atoms with E-state index in [-0.39, 0.29) is 22.3 Å². The smallest absolute Gasteiger partial charge is 0.336 e. The first kappa shape index (κ1) is 17.7. The van der Waals surface area contributed by atoms with Gasteiger partial charge in [-0.1, -0.05) is 60.7 Å². The van der Waals surface area contributed by atoms with Gasteiger partial charge in [0.1, 0.15) is 5.65 Å². The van der Waals surface area contributed by atoms with Gasteiger partial charge < -0.3 is 9.97 Å². The topological polar surface area (TPSA) is 78.6 Å². The number of benzene rings is 2. The third-order valence-electron chi connectivity index (χ3n) is 4.26. The van der Waals surface area contributed by atoms with Gasteiger partial charge in [0, 0.05) is 11.1 Å². The molecule has 8 heteroatoms. The summed E-state index contributed by atoms with van der Waals surface area (Å²) in [7, 11) is 0. The number of aromatic nitrogens is 3. The molecule has 28 heavy (non-hydrogen) atoms. The molecule has 0 fully saturated rings. The van der Waals surface area contributed by atoms with E-state index in [0.717, 1.165) is 0 Å². The minimum absolute atomic E-state index is 0.00437. The van der Waals surface area contributed by atoms with Gasteiger partial charge in [0.15, 0.2) is 0 Å². The summed E-state index contributed by atoms with van der Waals surface area (Å²) in [5.41, 5.74) is -0.204. The first-order valence-corrected chi connectivity index (χ1v) is 8.24. The highest BCUT2D eigenvalue weighted by Crippen LogP contribution is 2.33. The molecule has 0 saturated heterocycles. The predicted octanol–water partition coefficient (Wildman–Crippen LogP) is 4.17. The van der Waals surface area contributed by atoms with Gasteiger partial charge in [-0.25, -0.2) is 4.98 Å². The number of ketones is 1. The van der Waals surface area contributed by atoms with Gasteiger partial charge in [0.25, 0.3) is 5.56 Å². The zero-order valence-corrected chi connectivity index (χ0v) is 14.2. The van der Waals surface area contributed by atoms with Crippen molar-refractivity contribution in [2.24, 2.45) is 0 Å². The summed E-state index contributed by atoms with van der Waals surface area (Å²) in [5.74, 6) is -1.88. The highest BCUT2D eigenvalue weighted by atomic mass is 19.4. The Morgan fingerprint density at radius 1 is 0.893 bits per heavy atom. The quantitative estimate of drug-likeness (QED) is 0.521. The van der Waals surface area contributed by atoms with Gasteiger partial charge in [-0.05, 0) is 5.56 Å². The summed E-state index contributed by atoms with van der Waals surface area (Å²) >= 11 is 0. The van der Waals surface area contributed by atoms with Crippen LogP contribution in [0, 0.1) is 0 Å². The molecule has 2 aromatic heterocycles. The molecule has 2 heterocycles. The Morgan fingerprint density at radius 2 is 1.50 bits per heavy atom. The molecule has 0 aliphatic heterocycles. The Hall–Kier alpha value is -3.68. The summed E-state index contributed by atoms with van der Waals surface area (Å²) in [6.45, 7) is 0. The van der Waals surface area contributed by atoms with Crippen molar-refractivity contribution < 1.29 is 18.0 Å². The zero-order valence-electron chi connectivity index (χ0n) is 14.2. The normalized spacial score (nSPS) is 11.7. The van der Waals surface area contributed by atoms with Gasteiger partial charge in [0.2, 0.25) is 11.6 Å². The van der Waals surface area contributed by atoms with Crippen LogP contribution >= 0.6 is 0 Å². The molecule has 0 aliphatic rings. The monoisotopic (exact) mass is 383 g/mol. The number of nitrogens with one attached hydrogen (secondary N) is 2. The number of nitrogens with zero attached hydrogens (tertiary/aromatic N) is 1. The third-order valence-corrected chi connectivity index (χ3v) is 4.26. The van der Waals surface area contributed by atoms with Crippen LogP contribution in [0.15, 0.2) is 65.5 Å². The van der Waals surface area contributed by atoms with Crippen molar-refractivity contribution in [3.05, 3.63) is 88.1 Å². The number of hydrogen-bond donors (Lipinski definition) is 2. The summed E-state index contributed by atoms with van der Waals surface area (Å²) in [4.78, 5) is 33.4. The Bertz CT molecular complexity index is 1230. The van der Waals surface area contributed by atoms with Crippen LogP contribution < -0.4 is 5.56 Å². The fourth-order valence-corrected chi connectivity index (χ4v) is 3.03. The van der Waals surface area contributed by atoms with E-state index >= 15 is 0 Å². The Kier molecular flexibility index (Phi) is 4.11. The largest absolute Gasteiger partial charge is 0.449 e. The lowest BCUT2D eigenvalue weighted by Gasteiger charge is -2.06. The molecule has 0 unspecified atom stereocenters. The zero-order chi connectivity index (χ0) is 19.9. The molecule has 5 nitrogen and oxygen atoms in total. The van der Waals surface area contributed by atoms with Crippen LogP contribution in [-0.2, 0) is 6.18 Å². The predicted molar refractivity (Wildman–Crippen MR) is 97.0 cm³/mol. The molecule has 2 aromatic carbocycles. The molecule has 2 N–H and O–H groups in total. The average molecular weight is 383 g/mol. The Labute approximate surface area is 155 Å². The summed E-state index contributed by atoms with van der Waals surface area (Å²) in [6.07, 6.45) is -4.82. The number of carbonyl (C=O) groups is 1. The average Bonchev–Trinajstić information content (AvgIpc) is 3.08. The first-order chi connectivity index (χ1) is 13.4. The third kappa shape index (κ3) is 2.98. The molecule has 0 bridgehead atoms. The van der Waals surface area contributed by atoms with E-state index in [1.54, 1.807) is 65.6 Å². The molecule has 0 spiro atoms. The minimum atomic E-state index is -4.82. The van der Waals surface area contributed by atoms with E-state index < -0.39 is 23.3 Å². The van der Waals surface area contributed by atoms with Crippen LogP contribution in [0.2, 0.25) is 0 Å². The molecular weight excluding hydrogens is 371 g/mol. The lowest BCUT2D eigenvalue weighted by Crippen LogP contribution is -2.19. The fourth-order valence-electron chi connectivity index (χ4n) is 3.03. The number of carbonyl (C=O) groups excluding carboxylic acids is 1. The van der Waals surface area contributed by atoms with E-state index in [0.29, 0.717) is 11.1 Å². The molecule has 0 aliphatic carbocycles. The van der Waals surface area contributed by atoms with Crippen LogP contribution in [0.4, 0.5) is 13.2 Å². The maximum Gasteiger partial charge on any atom is 0.449 e. The lowest BCUT2D eigenvalue weighted by molar-refractivity contribution is -0.144. The molecular formula is C20H12F3N3O2. The standard InChI is InChI=1S/C20H12F3N3O2/c21-20(22,23)19-25-17-14(18(28)26-19)13(11-7-3-1-4-8-11)15(24-17)16(27)12-9-5-2-6-10-12/h1-10H,(H2,24,25,26,28). The van der Waals surface area contributed by atoms with E-state index in [1.807, 2.05) is 0 Å². The number of rotatable bonds is 3. The van der Waals surface area contributed by atoms with E-state index in [9.17, 15) is 22.8 Å². The second-order valence-corrected chi connectivity index (χ2v) is 6.07. The highest BCUT2D eigenvalue weighted by molar-refractivity contribution is 6.16. The highest BCUT2D eigenvalue weighted by Gasteiger charge is 2.35. The molecule has 0 amide bonds. The van der Waals surface area contributed by atoms with E-state index in [4.69, 9.17) is 0 Å². The van der Waals surface area contributed by atoms with Crippen LogP contribution in [0.1, 0.15) is 21.9 Å². The van der Waals surface area contributed by atoms with Crippen LogP contribution in [0.3, 0.4) is 0 Å². The summed E-state index contributed by atoms with van der Waals surface area (Å²) in [5, 5.41) is -0.0986. The van der Waals surface area contributed by atoms with Gasteiger partial charge in [-0.3, -0.25) is 9.59 Å². The number of hydrogen-bond acceptors (Lipinski definition) is 3. The Balaban J connectivity index is 2.05. The van der Waals surface area contributed by atoms with Crippen molar-refractivity contribution in [3.63, 3.8) is 0 Å². The molecule has 4 aromatic rings. The lowest BCUT2D eigenvalue weighted by atomic mass is 9.98. The molecule has 0 saturated carbocycles. The number of halogens is 3. The minimum Gasteiger partial charge on any atom is -0.336 e. The first-order valence-electron chi connectivity index (χ1n) is 8.24. The van der Waals surface area contributed by atoms with Crippen molar-refractivity contribution in [1.29, 1.82) is 0 Å². The van der Waals surface area contributed by atoms with Crippen LogP contribution in [0.5, 0.6) is 0 Å². The van der Waals surface area contributed by atoms with Gasteiger partial charge >= 0.3 is 6.18 Å². The summed E-state index contributed by atoms with van der Waals surface area (Å²) in [6, 6.07) is 16.7. The van der Waals surface area contributed by atoms with Gasteiger partial charge in [-0.2, -0.15) is 13.2 Å². The second-order valence-electron chi connectivity index (χ2n) is 6.07. The van der Waals surface area contributed by atoms with Gasteiger partial charge in [-0.15, -0.1) is 0 Å². The summed E-state index contributed by atoms with van der Waals surface area (Å²) < 4.78 is 39.1. The van der Waals surface area contributed by atoms with E-state index in [1.165, 1.54) is 0 Å². The molecule has 0 atom stereocenters. The molecule has 0 radical (unpaired) electrons. The maximum atomic E-state index is 13.0. The number of alkyl halides is 3. The SMILES string of the molecule is O=C(c1ccccc1)c1[nH]c2nc(C(F)(F)F)[nH]c(=O)c2c1-c1ccccc1. The van der Waals surface area contributed by atoms with Crippen molar-refractivity contribution in [3.8, 4) is 11.1 Å². The fraction of sp³-hybridized carbons (Fsp3) is 0.0500. The van der Waals surface area contributed by atoms with Gasteiger partial charge in [0.05, 0.1) is 11.1 Å². The van der Waals surface area contributed by atoms with Crippen LogP contribution in [-0.4, -0.2) is 20.7 Å². The van der Waals surface area contributed by atoms with Crippen molar-refractivity contribution in [2.45, 2.75) is 6.18 Å². The maximum absolute atomic E-state index is 13.0. The second kappa shape index (κ2) is 6.49. The van der Waals surface area contributed by atoms with Crippen molar-refractivity contribution in [2.75, 3.05) is 0 Å². The van der Waals surface area contributed by atoms with Crippen molar-refractivity contribution in [1.82, 2.24) is 15.0 Å². The van der Waals surface area contributed by atoms with E-state index in [2.05, 4.69) is 9.97 Å². The Morgan fingerprint density at radius 3 is 2.11 bits per heavy atom. The molecule has 4 rings (SSSR count). The molecule has 140 valence electrons. The number of aromatic amines is 2. The number of fused-ring (bicyclic) bond motifs is 1. The van der Waals surface area contributed by atoms with Crippen LogP contribution in [0.25, 0.3) is 22.2 Å².